The summed E-state index contributed by atoms with van der Waals surface area (Å²) in [4.78, 5) is 3.94. The minimum absolute atomic E-state index is 0.449. The van der Waals surface area contributed by atoms with Crippen molar-refractivity contribution in [1.29, 1.82) is 0 Å². The van der Waals surface area contributed by atoms with E-state index >= 15 is 0 Å². The molecule has 0 spiro atoms. The van der Waals surface area contributed by atoms with Crippen molar-refractivity contribution in [2.45, 2.75) is 6.54 Å². The third-order valence-corrected chi connectivity index (χ3v) is 1.55. The molecule has 0 unspecified atom stereocenters. The lowest BCUT2D eigenvalue weighted by molar-refractivity contribution is 0.558. The van der Waals surface area contributed by atoms with Crippen molar-refractivity contribution in [2.75, 3.05) is 0 Å². The fraction of sp³-hybridized carbons (Fsp3) is 0.143. The van der Waals surface area contributed by atoms with Crippen LogP contribution >= 0.6 is 0 Å². The maximum atomic E-state index is 5.40. The SMILES string of the molecule is NCc1cc(-c2cocn2)n[nH]1. The van der Waals surface area contributed by atoms with Gasteiger partial charge in [-0.3, -0.25) is 5.10 Å². The lowest BCUT2D eigenvalue weighted by atomic mass is 10.3. The van der Waals surface area contributed by atoms with Crippen LogP contribution in [0.25, 0.3) is 11.4 Å². The Kier molecular flexibility index (Phi) is 1.64. The third-order valence-electron chi connectivity index (χ3n) is 1.55. The Morgan fingerprint density at radius 1 is 1.50 bits per heavy atom. The molecule has 0 saturated heterocycles. The number of rotatable bonds is 2. The summed E-state index contributed by atoms with van der Waals surface area (Å²) in [5.41, 5.74) is 7.75. The second-order valence-corrected chi connectivity index (χ2v) is 2.36. The lowest BCUT2D eigenvalue weighted by Gasteiger charge is -1.82. The van der Waals surface area contributed by atoms with Gasteiger partial charge in [0, 0.05) is 12.2 Å². The number of aromatic nitrogens is 3. The number of nitrogens with one attached hydrogen (secondary N) is 1. The molecule has 2 rings (SSSR count). The molecule has 5 heteroatoms. The van der Waals surface area contributed by atoms with Crippen LogP contribution in [0.1, 0.15) is 5.69 Å². The molecule has 0 aromatic carbocycles. The number of H-pyrrole nitrogens is 1. The molecule has 2 aromatic heterocycles. The van der Waals surface area contributed by atoms with Crippen LogP contribution < -0.4 is 5.73 Å². The molecule has 5 nitrogen and oxygen atoms in total. The van der Waals surface area contributed by atoms with E-state index in [2.05, 4.69) is 15.2 Å². The molecular formula is C7H8N4O. The summed E-state index contributed by atoms with van der Waals surface area (Å²) in [7, 11) is 0. The molecule has 3 N–H and O–H groups in total. The van der Waals surface area contributed by atoms with Crippen molar-refractivity contribution in [3.05, 3.63) is 24.4 Å². The van der Waals surface area contributed by atoms with Gasteiger partial charge in [0.05, 0.1) is 0 Å². The fourth-order valence-electron chi connectivity index (χ4n) is 0.936. The smallest absolute Gasteiger partial charge is 0.181 e. The van der Waals surface area contributed by atoms with Gasteiger partial charge in [-0.2, -0.15) is 5.10 Å². The second kappa shape index (κ2) is 2.78. The van der Waals surface area contributed by atoms with E-state index in [-0.39, 0.29) is 0 Å². The standard InChI is InChI=1S/C7H8N4O/c8-2-5-1-6(11-10-5)7-3-12-4-9-7/h1,3-4H,2,8H2,(H,10,11). The first-order valence-corrected chi connectivity index (χ1v) is 3.53. The molecule has 2 heterocycles. The monoisotopic (exact) mass is 164 g/mol. The summed E-state index contributed by atoms with van der Waals surface area (Å²) in [5.74, 6) is 0. The molecule has 0 aliphatic heterocycles. The van der Waals surface area contributed by atoms with Gasteiger partial charge in [-0.15, -0.1) is 0 Å². The van der Waals surface area contributed by atoms with Gasteiger partial charge in [0.1, 0.15) is 17.7 Å². The minimum atomic E-state index is 0.449. The highest BCUT2D eigenvalue weighted by Crippen LogP contribution is 2.13. The molecule has 2 aromatic rings. The van der Waals surface area contributed by atoms with Gasteiger partial charge in [0.2, 0.25) is 0 Å². The van der Waals surface area contributed by atoms with E-state index in [4.69, 9.17) is 10.2 Å². The number of nitrogens with two attached hydrogens (primary N) is 1. The average Bonchev–Trinajstić information content (AvgIpc) is 2.75. The first-order chi connectivity index (χ1) is 5.90. The summed E-state index contributed by atoms with van der Waals surface area (Å²) >= 11 is 0. The number of hydrogen-bond acceptors (Lipinski definition) is 4. The van der Waals surface area contributed by atoms with Gasteiger partial charge >= 0.3 is 0 Å². The van der Waals surface area contributed by atoms with E-state index in [0.29, 0.717) is 12.2 Å². The molecule has 0 amide bonds. The van der Waals surface area contributed by atoms with Gasteiger partial charge in [-0.05, 0) is 6.07 Å². The Morgan fingerprint density at radius 3 is 3.00 bits per heavy atom. The predicted molar refractivity (Wildman–Crippen MR) is 42.0 cm³/mol. The highest BCUT2D eigenvalue weighted by molar-refractivity contribution is 5.51. The zero-order valence-corrected chi connectivity index (χ0v) is 6.32. The fourth-order valence-corrected chi connectivity index (χ4v) is 0.936. The first kappa shape index (κ1) is 7.05. The van der Waals surface area contributed by atoms with Gasteiger partial charge in [0.25, 0.3) is 0 Å². The van der Waals surface area contributed by atoms with Gasteiger partial charge in [-0.1, -0.05) is 0 Å². The number of aromatic amines is 1. The summed E-state index contributed by atoms with van der Waals surface area (Å²) in [6.07, 6.45) is 2.91. The van der Waals surface area contributed by atoms with E-state index in [9.17, 15) is 0 Å². The van der Waals surface area contributed by atoms with Crippen molar-refractivity contribution in [1.82, 2.24) is 15.2 Å². The maximum absolute atomic E-state index is 5.40. The Labute approximate surface area is 68.6 Å². The summed E-state index contributed by atoms with van der Waals surface area (Å²) < 4.78 is 4.82. The Balaban J connectivity index is 2.35. The minimum Gasteiger partial charge on any atom is -0.451 e. The van der Waals surface area contributed by atoms with Crippen LogP contribution in [0.15, 0.2) is 23.1 Å². The molecule has 0 fully saturated rings. The summed E-state index contributed by atoms with van der Waals surface area (Å²) in [6, 6.07) is 1.85. The van der Waals surface area contributed by atoms with Crippen molar-refractivity contribution in [3.8, 4) is 11.4 Å². The lowest BCUT2D eigenvalue weighted by Crippen LogP contribution is -1.95. The number of nitrogens with zero attached hydrogens (tertiary/aromatic N) is 2. The van der Waals surface area contributed by atoms with E-state index < -0.39 is 0 Å². The zero-order valence-electron chi connectivity index (χ0n) is 6.32. The van der Waals surface area contributed by atoms with Gasteiger partial charge in [0.15, 0.2) is 6.39 Å². The van der Waals surface area contributed by atoms with Crippen LogP contribution in [0.4, 0.5) is 0 Å². The molecule has 0 radical (unpaired) electrons. The van der Waals surface area contributed by atoms with Crippen molar-refractivity contribution >= 4 is 0 Å². The Morgan fingerprint density at radius 2 is 2.42 bits per heavy atom. The van der Waals surface area contributed by atoms with Crippen molar-refractivity contribution in [2.24, 2.45) is 5.73 Å². The van der Waals surface area contributed by atoms with Crippen LogP contribution in [0.3, 0.4) is 0 Å². The molecule has 62 valence electrons. The van der Waals surface area contributed by atoms with Crippen molar-refractivity contribution < 1.29 is 4.42 Å². The first-order valence-electron chi connectivity index (χ1n) is 3.53. The van der Waals surface area contributed by atoms with Crippen LogP contribution in [-0.4, -0.2) is 15.2 Å². The highest BCUT2D eigenvalue weighted by Gasteiger charge is 2.04. The molecule has 0 aliphatic rings. The van der Waals surface area contributed by atoms with E-state index in [1.807, 2.05) is 6.07 Å². The Bertz CT molecular complexity index is 351. The van der Waals surface area contributed by atoms with E-state index in [1.165, 1.54) is 12.7 Å². The molecule has 12 heavy (non-hydrogen) atoms. The third kappa shape index (κ3) is 1.10. The van der Waals surface area contributed by atoms with Gasteiger partial charge in [-0.25, -0.2) is 4.98 Å². The zero-order chi connectivity index (χ0) is 8.39. The molecule has 0 bridgehead atoms. The topological polar surface area (TPSA) is 80.7 Å². The average molecular weight is 164 g/mol. The maximum Gasteiger partial charge on any atom is 0.181 e. The molecule has 0 atom stereocenters. The predicted octanol–water partition coefficient (Wildman–Crippen LogP) is 0.523. The largest absolute Gasteiger partial charge is 0.451 e. The summed E-state index contributed by atoms with van der Waals surface area (Å²) in [6.45, 7) is 0.449. The van der Waals surface area contributed by atoms with Crippen LogP contribution in [0.5, 0.6) is 0 Å². The number of oxazole rings is 1. The van der Waals surface area contributed by atoms with Crippen LogP contribution in [0.2, 0.25) is 0 Å². The normalized spacial score (nSPS) is 10.4. The number of hydrogen-bond donors (Lipinski definition) is 2. The summed E-state index contributed by atoms with van der Waals surface area (Å²) in [5, 5.41) is 6.79. The molecule has 0 aliphatic carbocycles. The second-order valence-electron chi connectivity index (χ2n) is 2.36. The van der Waals surface area contributed by atoms with E-state index in [1.54, 1.807) is 0 Å². The van der Waals surface area contributed by atoms with Crippen molar-refractivity contribution in [3.63, 3.8) is 0 Å². The quantitative estimate of drug-likeness (QED) is 0.678. The molecular weight excluding hydrogens is 156 g/mol. The van der Waals surface area contributed by atoms with E-state index in [0.717, 1.165) is 11.4 Å². The van der Waals surface area contributed by atoms with Gasteiger partial charge < -0.3 is 10.2 Å². The van der Waals surface area contributed by atoms with Crippen LogP contribution in [0, 0.1) is 0 Å². The van der Waals surface area contributed by atoms with Crippen LogP contribution in [-0.2, 0) is 6.54 Å². The Hall–Kier alpha value is -1.62. The highest BCUT2D eigenvalue weighted by atomic mass is 16.3. The molecule has 0 saturated carbocycles.